The first-order valence-corrected chi connectivity index (χ1v) is 11.6. The van der Waals surface area contributed by atoms with Gasteiger partial charge in [0.2, 0.25) is 0 Å². The smallest absolute Gasteiger partial charge is 0.339 e. The maximum atomic E-state index is 14.5. The van der Waals surface area contributed by atoms with Crippen LogP contribution in [0.3, 0.4) is 0 Å². The summed E-state index contributed by atoms with van der Waals surface area (Å²) in [6.07, 6.45) is -4.32. The SMILES string of the molecule is CNC[C@H](O)[C@@H](O)[C@H](O)[C@H](O)CO.COc1cccc(-c2cc(F)c(Nc3ncccc3C(=O)O)c(F)c2)c1. The summed E-state index contributed by atoms with van der Waals surface area (Å²) in [7, 11) is 3.07. The predicted octanol–water partition coefficient (Wildman–Crippen LogP) is 1.12. The summed E-state index contributed by atoms with van der Waals surface area (Å²) in [5, 5.41) is 59.0. The number of carboxylic acids is 1. The highest BCUT2D eigenvalue weighted by Crippen LogP contribution is 2.31. The first-order chi connectivity index (χ1) is 18.5. The number of methoxy groups -OCH3 is 1. The highest BCUT2D eigenvalue weighted by molar-refractivity contribution is 5.94. The van der Waals surface area contributed by atoms with Gasteiger partial charge in [-0.25, -0.2) is 18.6 Å². The van der Waals surface area contributed by atoms with Gasteiger partial charge in [0.15, 0.2) is 0 Å². The second-order valence-corrected chi connectivity index (χ2v) is 8.23. The van der Waals surface area contributed by atoms with Gasteiger partial charge in [0.1, 0.15) is 52.8 Å². The third-order valence-electron chi connectivity index (χ3n) is 5.47. The van der Waals surface area contributed by atoms with Gasteiger partial charge in [-0.1, -0.05) is 12.1 Å². The number of aromatic nitrogens is 1. The summed E-state index contributed by atoms with van der Waals surface area (Å²) in [6.45, 7) is -0.569. The number of anilines is 2. The maximum Gasteiger partial charge on any atom is 0.339 e. The van der Waals surface area contributed by atoms with Crippen LogP contribution in [0.2, 0.25) is 0 Å². The van der Waals surface area contributed by atoms with Crippen molar-refractivity contribution < 1.29 is 49.0 Å². The monoisotopic (exact) mass is 551 g/mol. The first kappa shape index (κ1) is 31.5. The Morgan fingerprint density at radius 2 is 1.62 bits per heavy atom. The van der Waals surface area contributed by atoms with Crippen LogP contribution in [-0.2, 0) is 0 Å². The van der Waals surface area contributed by atoms with Crippen LogP contribution >= 0.6 is 0 Å². The van der Waals surface area contributed by atoms with Crippen LogP contribution < -0.4 is 15.4 Å². The summed E-state index contributed by atoms with van der Waals surface area (Å²) in [6, 6.07) is 11.8. The van der Waals surface area contributed by atoms with E-state index in [-0.39, 0.29) is 17.9 Å². The zero-order valence-electron chi connectivity index (χ0n) is 21.1. The molecule has 0 radical (unpaired) electrons. The molecule has 0 aliphatic rings. The van der Waals surface area contributed by atoms with E-state index in [0.29, 0.717) is 16.9 Å². The van der Waals surface area contributed by atoms with Gasteiger partial charge < -0.3 is 46.0 Å². The fraction of sp³-hybridized carbons (Fsp3) is 0.308. The van der Waals surface area contributed by atoms with Gasteiger partial charge in [-0.05, 0) is 54.6 Å². The van der Waals surface area contributed by atoms with Gasteiger partial charge in [0, 0.05) is 12.7 Å². The molecule has 0 amide bonds. The number of pyridine rings is 1. The molecular formula is C26H31F2N3O8. The van der Waals surface area contributed by atoms with Crippen LogP contribution in [0.5, 0.6) is 5.75 Å². The number of ether oxygens (including phenoxy) is 1. The Balaban J connectivity index is 0.000000349. The molecular weight excluding hydrogens is 520 g/mol. The molecule has 3 aromatic rings. The Bertz CT molecular complexity index is 1210. The van der Waals surface area contributed by atoms with Gasteiger partial charge in [0.25, 0.3) is 0 Å². The zero-order chi connectivity index (χ0) is 29.1. The summed E-state index contributed by atoms with van der Waals surface area (Å²) >= 11 is 0. The number of hydrogen-bond acceptors (Lipinski definition) is 10. The van der Waals surface area contributed by atoms with E-state index in [1.165, 1.54) is 25.4 Å². The molecule has 1 aromatic heterocycles. The number of halogens is 2. The van der Waals surface area contributed by atoms with Gasteiger partial charge in [-0.3, -0.25) is 0 Å². The Morgan fingerprint density at radius 3 is 2.18 bits per heavy atom. The second kappa shape index (κ2) is 15.0. The number of benzene rings is 2. The molecule has 39 heavy (non-hydrogen) atoms. The average Bonchev–Trinajstić information content (AvgIpc) is 2.94. The molecule has 0 unspecified atom stereocenters. The van der Waals surface area contributed by atoms with Crippen molar-refractivity contribution in [2.24, 2.45) is 0 Å². The normalized spacial score (nSPS) is 13.9. The fourth-order valence-corrected chi connectivity index (χ4v) is 3.35. The number of rotatable bonds is 11. The van der Waals surface area contributed by atoms with Crippen LogP contribution in [0.25, 0.3) is 11.1 Å². The summed E-state index contributed by atoms with van der Waals surface area (Å²) < 4.78 is 34.1. The number of nitrogens with zero attached hydrogens (tertiary/aromatic N) is 1. The lowest BCUT2D eigenvalue weighted by atomic mass is 10.0. The van der Waals surface area contributed by atoms with E-state index in [2.05, 4.69) is 15.6 Å². The van der Waals surface area contributed by atoms with E-state index in [4.69, 9.17) is 30.3 Å². The minimum Gasteiger partial charge on any atom is -0.497 e. The number of aliphatic hydroxyl groups excluding tert-OH is 5. The first-order valence-electron chi connectivity index (χ1n) is 11.6. The van der Waals surface area contributed by atoms with E-state index < -0.39 is 54.3 Å². The predicted molar refractivity (Wildman–Crippen MR) is 138 cm³/mol. The highest BCUT2D eigenvalue weighted by Gasteiger charge is 2.29. The Labute approximate surface area is 223 Å². The van der Waals surface area contributed by atoms with E-state index in [1.54, 1.807) is 31.3 Å². The largest absolute Gasteiger partial charge is 0.497 e. The summed E-state index contributed by atoms with van der Waals surface area (Å²) in [5.74, 6) is -2.58. The molecule has 212 valence electrons. The third-order valence-corrected chi connectivity index (χ3v) is 5.47. The lowest BCUT2D eigenvalue weighted by Gasteiger charge is -2.25. The Kier molecular flexibility index (Phi) is 12.1. The van der Waals surface area contributed by atoms with E-state index >= 15 is 0 Å². The van der Waals surface area contributed by atoms with Crippen LogP contribution in [0.15, 0.2) is 54.7 Å². The molecule has 3 rings (SSSR count). The van der Waals surface area contributed by atoms with Crippen molar-refractivity contribution in [1.29, 1.82) is 0 Å². The fourth-order valence-electron chi connectivity index (χ4n) is 3.35. The van der Waals surface area contributed by atoms with Crippen LogP contribution in [-0.4, -0.2) is 93.3 Å². The zero-order valence-corrected chi connectivity index (χ0v) is 21.1. The topological polar surface area (TPSA) is 185 Å². The number of carboxylic acid groups (broad SMARTS) is 1. The Morgan fingerprint density at radius 1 is 0.974 bits per heavy atom. The standard InChI is InChI=1S/C19H14F2N2O3.C7H17NO5/c1-26-13-5-2-4-11(8-13)12-9-15(20)17(16(21)10-12)23-18-14(19(24)25)6-3-7-22-18;1-8-2-4(10)6(12)7(13)5(11)3-9/h2-10H,1H3,(H,22,23)(H,24,25);4-13H,2-3H2,1H3/t;4-,5+,6+,7+/m.0/s1. The van der Waals surface area contributed by atoms with Crippen molar-refractivity contribution in [3.63, 3.8) is 0 Å². The summed E-state index contributed by atoms with van der Waals surface area (Å²) in [5.41, 5.74) is 0.239. The van der Waals surface area contributed by atoms with Crippen molar-refractivity contribution >= 4 is 17.5 Å². The van der Waals surface area contributed by atoms with Crippen molar-refractivity contribution in [3.05, 3.63) is 71.9 Å². The molecule has 0 fully saturated rings. The molecule has 0 bridgehead atoms. The third kappa shape index (κ3) is 8.64. The molecule has 0 aliphatic heterocycles. The lowest BCUT2D eigenvalue weighted by molar-refractivity contribution is -0.113. The van der Waals surface area contributed by atoms with Gasteiger partial charge in [-0.2, -0.15) is 0 Å². The number of aliphatic hydroxyl groups is 5. The molecule has 13 heteroatoms. The van der Waals surface area contributed by atoms with Crippen LogP contribution in [0, 0.1) is 11.6 Å². The van der Waals surface area contributed by atoms with E-state index in [9.17, 15) is 18.7 Å². The average molecular weight is 552 g/mol. The quantitative estimate of drug-likeness (QED) is 0.171. The molecule has 0 aliphatic carbocycles. The van der Waals surface area contributed by atoms with Crippen molar-refractivity contribution in [1.82, 2.24) is 10.3 Å². The van der Waals surface area contributed by atoms with Crippen molar-refractivity contribution in [2.75, 3.05) is 32.6 Å². The van der Waals surface area contributed by atoms with Gasteiger partial charge >= 0.3 is 5.97 Å². The molecule has 8 N–H and O–H groups in total. The molecule has 0 saturated heterocycles. The number of likely N-dealkylation sites (N-methyl/N-ethyl adjacent to an activating group) is 1. The number of carbonyl (C=O) groups is 1. The van der Waals surface area contributed by atoms with Gasteiger partial charge in [0.05, 0.1) is 19.8 Å². The van der Waals surface area contributed by atoms with Crippen LogP contribution in [0.1, 0.15) is 10.4 Å². The number of nitrogens with one attached hydrogen (secondary N) is 2. The Hall–Kier alpha value is -3.72. The lowest BCUT2D eigenvalue weighted by Crippen LogP contribution is -2.48. The second-order valence-electron chi connectivity index (χ2n) is 8.23. The molecule has 0 spiro atoms. The molecule has 2 aromatic carbocycles. The molecule has 11 nitrogen and oxygen atoms in total. The van der Waals surface area contributed by atoms with E-state index in [1.807, 2.05) is 0 Å². The van der Waals surface area contributed by atoms with Crippen molar-refractivity contribution in [2.45, 2.75) is 24.4 Å². The molecule has 4 atom stereocenters. The maximum absolute atomic E-state index is 14.5. The molecule has 1 heterocycles. The number of hydrogen-bond donors (Lipinski definition) is 8. The molecule has 0 saturated carbocycles. The van der Waals surface area contributed by atoms with Gasteiger partial charge in [-0.15, -0.1) is 0 Å². The minimum atomic E-state index is -1.55. The summed E-state index contributed by atoms with van der Waals surface area (Å²) in [4.78, 5) is 15.0. The van der Waals surface area contributed by atoms with E-state index in [0.717, 1.165) is 12.1 Å². The van der Waals surface area contributed by atoms with Crippen molar-refractivity contribution in [3.8, 4) is 16.9 Å². The van der Waals surface area contributed by atoms with Crippen LogP contribution in [0.4, 0.5) is 20.3 Å². The minimum absolute atomic E-state index is 0.0936. The highest BCUT2D eigenvalue weighted by atomic mass is 19.1. The number of aromatic carboxylic acids is 1.